The van der Waals surface area contributed by atoms with Crippen LogP contribution in [0.25, 0.3) is 5.73 Å². The predicted octanol–water partition coefficient (Wildman–Crippen LogP) is 3.16. The van der Waals surface area contributed by atoms with Crippen LogP contribution in [0, 0.1) is 54.2 Å². The van der Waals surface area contributed by atoms with Gasteiger partial charge in [0.1, 0.15) is 0 Å². The summed E-state index contributed by atoms with van der Waals surface area (Å²) >= 11 is 0. The number of hydrogen-bond acceptors (Lipinski definition) is 2. The number of fused-ring (bicyclic) bond motifs is 1. The molecule has 0 heterocycles. The van der Waals surface area contributed by atoms with Crippen molar-refractivity contribution in [1.29, 1.82) is 0 Å². The van der Waals surface area contributed by atoms with Gasteiger partial charge in [0.15, 0.2) is 0 Å². The van der Waals surface area contributed by atoms with Gasteiger partial charge in [-0.25, -0.2) is 0 Å². The van der Waals surface area contributed by atoms with Gasteiger partial charge in [-0.2, -0.15) is 0 Å². The molecule has 0 fully saturated rings. The smallest absolute Gasteiger partial charge is 0.254 e. The van der Waals surface area contributed by atoms with Gasteiger partial charge < -0.3 is 5.73 Å². The van der Waals surface area contributed by atoms with E-state index in [1.54, 1.807) is 6.07 Å². The molecule has 1 aromatic rings. The zero-order chi connectivity index (χ0) is 10.1. The van der Waals surface area contributed by atoms with Gasteiger partial charge in [-0.05, 0) is 31.2 Å². The van der Waals surface area contributed by atoms with Crippen LogP contribution in [0.5, 0.6) is 0 Å². The van der Waals surface area contributed by atoms with E-state index < -0.39 is 4.92 Å². The number of hydrogen-bond donors (Lipinski definition) is 0. The third-order valence-electron chi connectivity index (χ3n) is 2.71. The Balaban J connectivity index is 0.00000112. The Kier molecular flexibility index (Phi) is 4.54. The maximum Gasteiger partial charge on any atom is 0.254 e. The fourth-order valence-corrected chi connectivity index (χ4v) is 1.97. The van der Waals surface area contributed by atoms with Crippen molar-refractivity contribution in [3.8, 4) is 0 Å². The molecule has 1 aliphatic rings. The van der Waals surface area contributed by atoms with Gasteiger partial charge in [0, 0.05) is 50.1 Å². The molecule has 1 N–H and O–H groups in total. The number of nitrogens with zero attached hydrogens (tertiary/aromatic N) is 1. The minimum atomic E-state index is -0.475. The molecule has 1 aromatic carbocycles. The van der Waals surface area contributed by atoms with Gasteiger partial charge in [0.2, 0.25) is 0 Å². The van der Waals surface area contributed by atoms with Crippen LogP contribution in [0.3, 0.4) is 0 Å². The minimum absolute atomic E-state index is 0. The SMILES string of the molecule is [Ac].[NH-]c1c([N+](=O)[O-])ccc2c1CCCC2. The summed E-state index contributed by atoms with van der Waals surface area (Å²) in [4.78, 5) is 10.1. The van der Waals surface area contributed by atoms with Gasteiger partial charge in [-0.15, -0.1) is 0 Å². The average Bonchev–Trinajstić information content (AvgIpc) is 2.18. The molecule has 5 heteroatoms. The molecule has 0 saturated heterocycles. The fourth-order valence-electron chi connectivity index (χ4n) is 1.97. The molecule has 0 saturated carbocycles. The van der Waals surface area contributed by atoms with E-state index in [1.807, 2.05) is 0 Å². The van der Waals surface area contributed by atoms with Crippen LogP contribution in [0.4, 0.5) is 11.4 Å². The van der Waals surface area contributed by atoms with Crippen LogP contribution < -0.4 is 0 Å². The summed E-state index contributed by atoms with van der Waals surface area (Å²) in [6.45, 7) is 0. The van der Waals surface area contributed by atoms with E-state index >= 15 is 0 Å². The molecule has 0 unspecified atom stereocenters. The maximum atomic E-state index is 10.6. The molecular formula is C10H11AcN2O2-. The van der Waals surface area contributed by atoms with Crippen molar-refractivity contribution < 1.29 is 49.0 Å². The van der Waals surface area contributed by atoms with Crippen LogP contribution in [-0.4, -0.2) is 4.92 Å². The van der Waals surface area contributed by atoms with Crippen molar-refractivity contribution in [2.24, 2.45) is 0 Å². The minimum Gasteiger partial charge on any atom is -0.693 e. The van der Waals surface area contributed by atoms with Crippen LogP contribution in [-0.2, 0) is 12.8 Å². The van der Waals surface area contributed by atoms with Gasteiger partial charge >= 0.3 is 0 Å². The number of benzene rings is 1. The monoisotopic (exact) mass is 418 g/mol. The van der Waals surface area contributed by atoms with E-state index in [-0.39, 0.29) is 55.4 Å². The first-order chi connectivity index (χ1) is 6.70. The van der Waals surface area contributed by atoms with Gasteiger partial charge in [0.25, 0.3) is 5.69 Å². The van der Waals surface area contributed by atoms with Crippen molar-refractivity contribution >= 4 is 11.4 Å². The van der Waals surface area contributed by atoms with Crippen LogP contribution in [0.2, 0.25) is 0 Å². The Morgan fingerprint density at radius 1 is 1.27 bits per heavy atom. The Bertz CT molecular complexity index is 393. The van der Waals surface area contributed by atoms with Gasteiger partial charge in [-0.3, -0.25) is 10.1 Å². The first-order valence-corrected chi connectivity index (χ1v) is 4.71. The largest absolute Gasteiger partial charge is 0.693 e. The Morgan fingerprint density at radius 3 is 2.60 bits per heavy atom. The second kappa shape index (κ2) is 5.27. The van der Waals surface area contributed by atoms with Crippen LogP contribution >= 0.6 is 0 Å². The second-order valence-corrected chi connectivity index (χ2v) is 3.56. The first-order valence-electron chi connectivity index (χ1n) is 4.71. The molecular weight excluding hydrogens is 407 g/mol. The molecule has 4 nitrogen and oxygen atoms in total. The van der Waals surface area contributed by atoms with Crippen molar-refractivity contribution in [1.82, 2.24) is 0 Å². The number of nitro groups is 1. The van der Waals surface area contributed by atoms with Crippen LogP contribution in [0.1, 0.15) is 24.0 Å². The zero-order valence-electron chi connectivity index (χ0n) is 8.32. The topological polar surface area (TPSA) is 66.9 Å². The van der Waals surface area contributed by atoms with Gasteiger partial charge in [0.05, 0.1) is 4.92 Å². The summed E-state index contributed by atoms with van der Waals surface area (Å²) in [5, 5.41) is 10.6. The van der Waals surface area contributed by atoms with Crippen molar-refractivity contribution in [2.45, 2.75) is 25.7 Å². The molecule has 0 aromatic heterocycles. The van der Waals surface area contributed by atoms with Crippen molar-refractivity contribution in [3.05, 3.63) is 39.1 Å². The summed E-state index contributed by atoms with van der Waals surface area (Å²) < 4.78 is 0. The molecule has 0 spiro atoms. The molecule has 1 aliphatic carbocycles. The third-order valence-corrected chi connectivity index (χ3v) is 2.71. The first kappa shape index (κ1) is 12.9. The maximum absolute atomic E-state index is 10.6. The summed E-state index contributed by atoms with van der Waals surface area (Å²) in [5.74, 6) is 0. The van der Waals surface area contributed by atoms with Crippen LogP contribution in [0.15, 0.2) is 12.1 Å². The molecule has 0 atom stereocenters. The van der Waals surface area contributed by atoms with Gasteiger partial charge in [-0.1, -0.05) is 17.3 Å². The van der Waals surface area contributed by atoms with E-state index in [0.29, 0.717) is 0 Å². The van der Waals surface area contributed by atoms with Crippen molar-refractivity contribution in [2.75, 3.05) is 0 Å². The standard InChI is InChI=1S/C10H11N2O2.Ac/c11-10-8-4-2-1-3-7(8)5-6-9(10)12(13)14;/h5-6,11H,1-4H2;/q-1;. The Labute approximate surface area is 124 Å². The fraction of sp³-hybridized carbons (Fsp3) is 0.400. The number of nitrogens with one attached hydrogen (secondary N) is 1. The molecule has 2 rings (SSSR count). The predicted molar refractivity (Wildman–Crippen MR) is 53.7 cm³/mol. The summed E-state index contributed by atoms with van der Waals surface area (Å²) in [6, 6.07) is 3.25. The van der Waals surface area contributed by atoms with E-state index in [0.717, 1.165) is 36.8 Å². The average molecular weight is 418 g/mol. The quantitative estimate of drug-likeness (QED) is 0.520. The molecule has 1 radical (unpaired) electrons. The molecule has 15 heavy (non-hydrogen) atoms. The Hall–Kier alpha value is -0.138. The number of aryl methyl sites for hydroxylation is 1. The molecule has 77 valence electrons. The summed E-state index contributed by atoms with van der Waals surface area (Å²) in [5.41, 5.74) is 9.76. The normalized spacial score (nSPS) is 13.9. The number of nitro benzene ring substituents is 1. The van der Waals surface area contributed by atoms with E-state index in [1.165, 1.54) is 6.07 Å². The number of rotatable bonds is 1. The molecule has 0 aliphatic heterocycles. The molecule has 0 bridgehead atoms. The summed E-state index contributed by atoms with van der Waals surface area (Å²) in [6.07, 6.45) is 3.94. The summed E-state index contributed by atoms with van der Waals surface area (Å²) in [7, 11) is 0. The van der Waals surface area contributed by atoms with E-state index in [9.17, 15) is 10.1 Å². The third kappa shape index (κ3) is 2.51. The second-order valence-electron chi connectivity index (χ2n) is 3.56. The van der Waals surface area contributed by atoms with Crippen molar-refractivity contribution in [3.63, 3.8) is 0 Å². The Morgan fingerprint density at radius 2 is 1.93 bits per heavy atom. The van der Waals surface area contributed by atoms with E-state index in [2.05, 4.69) is 0 Å². The van der Waals surface area contributed by atoms with E-state index in [4.69, 9.17) is 5.73 Å². The zero-order valence-corrected chi connectivity index (χ0v) is 13.1. The molecule has 0 amide bonds.